The van der Waals surface area contributed by atoms with Gasteiger partial charge in [-0.3, -0.25) is 0 Å². The summed E-state index contributed by atoms with van der Waals surface area (Å²) in [7, 11) is 1.70. The van der Waals surface area contributed by atoms with Crippen LogP contribution in [0.4, 0.5) is 0 Å². The Morgan fingerprint density at radius 1 is 1.62 bits per heavy atom. The van der Waals surface area contributed by atoms with E-state index in [1.807, 2.05) is 6.26 Å². The summed E-state index contributed by atoms with van der Waals surface area (Å²) < 4.78 is 5.05. The van der Waals surface area contributed by atoms with Crippen LogP contribution in [-0.4, -0.2) is 7.11 Å². The lowest BCUT2D eigenvalue weighted by atomic mass is 9.82. The van der Waals surface area contributed by atoms with E-state index in [2.05, 4.69) is 6.07 Å². The maximum Gasteiger partial charge on any atom is 0.0819 e. The average molecular weight is 179 g/mol. The van der Waals surface area contributed by atoms with E-state index >= 15 is 0 Å². The molecule has 0 bridgehead atoms. The summed E-state index contributed by atoms with van der Waals surface area (Å²) in [4.78, 5) is 0. The Morgan fingerprint density at radius 3 is 3.15 bits per heavy atom. The Kier molecular flexibility index (Phi) is 4.39. The maximum atomic E-state index is 8.51. The number of rotatable bonds is 3. The quantitative estimate of drug-likeness (QED) is 0.624. The fourth-order valence-corrected chi connectivity index (χ4v) is 1.98. The Hall–Kier alpha value is -0.970. The maximum absolute atomic E-state index is 8.51. The molecule has 0 aromatic rings. The van der Waals surface area contributed by atoms with Gasteiger partial charge in [0, 0.05) is 6.42 Å². The molecule has 0 unspecified atom stereocenters. The highest BCUT2D eigenvalue weighted by atomic mass is 16.5. The van der Waals surface area contributed by atoms with Crippen LogP contribution in [0.1, 0.15) is 38.5 Å². The Bertz CT molecular complexity index is 215. The van der Waals surface area contributed by atoms with Crippen LogP contribution in [0.15, 0.2) is 11.8 Å². The lowest BCUT2D eigenvalue weighted by Crippen LogP contribution is -2.10. The minimum atomic E-state index is 0.605. The number of methoxy groups -OCH3 is 1. The number of ether oxygens (including phenoxy) is 1. The van der Waals surface area contributed by atoms with E-state index in [9.17, 15) is 0 Å². The minimum Gasteiger partial charge on any atom is -0.504 e. The molecule has 0 heterocycles. The van der Waals surface area contributed by atoms with Crippen molar-refractivity contribution < 1.29 is 4.74 Å². The summed E-state index contributed by atoms with van der Waals surface area (Å²) in [5, 5.41) is 8.51. The van der Waals surface area contributed by atoms with Crippen molar-refractivity contribution in [1.82, 2.24) is 0 Å². The van der Waals surface area contributed by atoms with Gasteiger partial charge in [0.05, 0.1) is 19.4 Å². The first kappa shape index (κ1) is 10.1. The van der Waals surface area contributed by atoms with Crippen LogP contribution in [0, 0.1) is 17.2 Å². The highest BCUT2D eigenvalue weighted by Gasteiger charge is 2.18. The standard InChI is InChI=1S/C11H17NO/c1-13-9-11-6-3-2-5-10(11)7-4-8-12/h9-10H,2-7H2,1H3/b11-9-/t10-/m1/s1. The van der Waals surface area contributed by atoms with Gasteiger partial charge in [0.2, 0.25) is 0 Å². The molecule has 1 aliphatic rings. The van der Waals surface area contributed by atoms with Crippen LogP contribution in [0.3, 0.4) is 0 Å². The van der Waals surface area contributed by atoms with Crippen molar-refractivity contribution in [3.05, 3.63) is 11.8 Å². The monoisotopic (exact) mass is 179 g/mol. The third-order valence-electron chi connectivity index (χ3n) is 2.67. The summed E-state index contributed by atoms with van der Waals surface area (Å²) in [6.07, 6.45) is 8.52. The minimum absolute atomic E-state index is 0.605. The molecule has 2 nitrogen and oxygen atoms in total. The molecule has 0 aromatic heterocycles. The molecule has 0 aromatic carbocycles. The Morgan fingerprint density at radius 2 is 2.46 bits per heavy atom. The van der Waals surface area contributed by atoms with Crippen molar-refractivity contribution in [3.8, 4) is 6.07 Å². The van der Waals surface area contributed by atoms with Gasteiger partial charge in [-0.2, -0.15) is 5.26 Å². The van der Waals surface area contributed by atoms with Gasteiger partial charge in [-0.15, -0.1) is 0 Å². The molecule has 0 aliphatic heterocycles. The third kappa shape index (κ3) is 3.10. The van der Waals surface area contributed by atoms with Crippen molar-refractivity contribution >= 4 is 0 Å². The smallest absolute Gasteiger partial charge is 0.0819 e. The first-order chi connectivity index (χ1) is 6.38. The van der Waals surface area contributed by atoms with E-state index in [1.165, 1.54) is 24.8 Å². The highest BCUT2D eigenvalue weighted by molar-refractivity contribution is 5.06. The molecule has 0 amide bonds. The van der Waals surface area contributed by atoms with Crippen molar-refractivity contribution in [3.63, 3.8) is 0 Å². The van der Waals surface area contributed by atoms with Gasteiger partial charge in [0.1, 0.15) is 0 Å². The molecule has 0 spiro atoms. The highest BCUT2D eigenvalue weighted by Crippen LogP contribution is 2.32. The van der Waals surface area contributed by atoms with Gasteiger partial charge in [0.15, 0.2) is 0 Å². The van der Waals surface area contributed by atoms with Gasteiger partial charge in [-0.05, 0) is 37.2 Å². The zero-order valence-corrected chi connectivity index (χ0v) is 8.25. The van der Waals surface area contributed by atoms with Crippen LogP contribution in [0.25, 0.3) is 0 Å². The van der Waals surface area contributed by atoms with Gasteiger partial charge in [-0.25, -0.2) is 0 Å². The molecule has 1 atom stereocenters. The fourth-order valence-electron chi connectivity index (χ4n) is 1.98. The van der Waals surface area contributed by atoms with Crippen molar-refractivity contribution in [1.29, 1.82) is 5.26 Å². The predicted octanol–water partition coefficient (Wildman–Crippen LogP) is 3.01. The molecule has 1 fully saturated rings. The van der Waals surface area contributed by atoms with E-state index in [4.69, 9.17) is 10.00 Å². The molecule has 2 heteroatoms. The molecule has 0 N–H and O–H groups in total. The zero-order chi connectivity index (χ0) is 9.52. The van der Waals surface area contributed by atoms with Gasteiger partial charge < -0.3 is 4.74 Å². The van der Waals surface area contributed by atoms with Crippen molar-refractivity contribution in [2.24, 2.45) is 5.92 Å². The van der Waals surface area contributed by atoms with Crippen LogP contribution < -0.4 is 0 Å². The number of nitriles is 1. The number of hydrogen-bond donors (Lipinski definition) is 0. The van der Waals surface area contributed by atoms with Crippen molar-refractivity contribution in [2.45, 2.75) is 38.5 Å². The van der Waals surface area contributed by atoms with E-state index in [1.54, 1.807) is 7.11 Å². The second-order valence-corrected chi connectivity index (χ2v) is 3.57. The lowest BCUT2D eigenvalue weighted by Gasteiger charge is -2.23. The Labute approximate surface area is 80.2 Å². The zero-order valence-electron chi connectivity index (χ0n) is 8.25. The van der Waals surface area contributed by atoms with Gasteiger partial charge >= 0.3 is 0 Å². The average Bonchev–Trinajstić information content (AvgIpc) is 2.17. The number of nitrogens with zero attached hydrogens (tertiary/aromatic N) is 1. The summed E-state index contributed by atoms with van der Waals surface area (Å²) in [6.45, 7) is 0. The first-order valence-corrected chi connectivity index (χ1v) is 4.97. The fraction of sp³-hybridized carbons (Fsp3) is 0.727. The molecule has 1 aliphatic carbocycles. The number of hydrogen-bond acceptors (Lipinski definition) is 2. The number of allylic oxidation sites excluding steroid dienone is 1. The second kappa shape index (κ2) is 5.64. The largest absolute Gasteiger partial charge is 0.504 e. The second-order valence-electron chi connectivity index (χ2n) is 3.57. The van der Waals surface area contributed by atoms with Gasteiger partial charge in [0.25, 0.3) is 0 Å². The molecule has 13 heavy (non-hydrogen) atoms. The lowest BCUT2D eigenvalue weighted by molar-refractivity contribution is 0.315. The summed E-state index contributed by atoms with van der Waals surface area (Å²) in [5.41, 5.74) is 1.41. The Balaban J connectivity index is 2.47. The van der Waals surface area contributed by atoms with E-state index in [-0.39, 0.29) is 0 Å². The summed E-state index contributed by atoms with van der Waals surface area (Å²) in [6, 6.07) is 2.21. The molecule has 1 saturated carbocycles. The molecular weight excluding hydrogens is 162 g/mol. The van der Waals surface area contributed by atoms with Crippen LogP contribution in [0.2, 0.25) is 0 Å². The molecule has 0 radical (unpaired) electrons. The van der Waals surface area contributed by atoms with Crippen molar-refractivity contribution in [2.75, 3.05) is 7.11 Å². The molecule has 1 rings (SSSR count). The van der Waals surface area contributed by atoms with Crippen LogP contribution >= 0.6 is 0 Å². The molecule has 72 valence electrons. The van der Waals surface area contributed by atoms with E-state index < -0.39 is 0 Å². The van der Waals surface area contributed by atoms with Gasteiger partial charge in [-0.1, -0.05) is 6.42 Å². The summed E-state index contributed by atoms with van der Waals surface area (Å²) >= 11 is 0. The topological polar surface area (TPSA) is 33.0 Å². The van der Waals surface area contributed by atoms with E-state index in [0.29, 0.717) is 12.3 Å². The summed E-state index contributed by atoms with van der Waals surface area (Å²) in [5.74, 6) is 0.605. The van der Waals surface area contributed by atoms with E-state index in [0.717, 1.165) is 12.8 Å². The van der Waals surface area contributed by atoms with Crippen LogP contribution in [-0.2, 0) is 4.74 Å². The SMILES string of the molecule is CO/C=C1/CCCC[C@@H]1CCC#N. The first-order valence-electron chi connectivity index (χ1n) is 4.97. The van der Waals surface area contributed by atoms with Crippen LogP contribution in [0.5, 0.6) is 0 Å². The normalized spacial score (nSPS) is 25.5. The third-order valence-corrected chi connectivity index (χ3v) is 2.67. The predicted molar refractivity (Wildman–Crippen MR) is 51.9 cm³/mol. The molecular formula is C11H17NO. The molecule has 0 saturated heterocycles.